The molecule has 74 valence electrons. The Morgan fingerprint density at radius 1 is 1.33 bits per heavy atom. The van der Waals surface area contributed by atoms with Crippen LogP contribution in [-0.2, 0) is 6.54 Å². The van der Waals surface area contributed by atoms with Crippen molar-refractivity contribution in [1.82, 2.24) is 9.78 Å². The Hall–Kier alpha value is -2.08. The molecule has 0 amide bonds. The van der Waals surface area contributed by atoms with Gasteiger partial charge in [0.15, 0.2) is 0 Å². The Labute approximate surface area is 88.6 Å². The zero-order chi connectivity index (χ0) is 10.7. The predicted molar refractivity (Wildman–Crippen MR) is 57.2 cm³/mol. The monoisotopic (exact) mass is 197 g/mol. The average molecular weight is 197 g/mol. The summed E-state index contributed by atoms with van der Waals surface area (Å²) in [6.07, 6.45) is 0. The SMILES string of the molecule is Cc1cc(C#N)n(Cc2ccccc2)n1. The molecule has 1 heterocycles. The van der Waals surface area contributed by atoms with E-state index in [1.165, 1.54) is 0 Å². The van der Waals surface area contributed by atoms with Gasteiger partial charge in [-0.05, 0) is 18.6 Å². The second kappa shape index (κ2) is 3.97. The number of aromatic nitrogens is 2. The van der Waals surface area contributed by atoms with E-state index in [2.05, 4.69) is 11.2 Å². The maximum Gasteiger partial charge on any atom is 0.139 e. The molecule has 0 radical (unpaired) electrons. The van der Waals surface area contributed by atoms with Gasteiger partial charge < -0.3 is 0 Å². The number of nitriles is 1. The molecular weight excluding hydrogens is 186 g/mol. The molecule has 0 unspecified atom stereocenters. The summed E-state index contributed by atoms with van der Waals surface area (Å²) >= 11 is 0. The fourth-order valence-electron chi connectivity index (χ4n) is 1.51. The maximum absolute atomic E-state index is 8.90. The average Bonchev–Trinajstić information content (AvgIpc) is 2.60. The van der Waals surface area contributed by atoms with Gasteiger partial charge >= 0.3 is 0 Å². The molecule has 0 aliphatic carbocycles. The standard InChI is InChI=1S/C12H11N3/c1-10-7-12(8-13)15(14-10)9-11-5-3-2-4-6-11/h2-7H,9H2,1H3. The van der Waals surface area contributed by atoms with Gasteiger partial charge in [0.2, 0.25) is 0 Å². The van der Waals surface area contributed by atoms with E-state index in [0.717, 1.165) is 11.3 Å². The second-order valence-corrected chi connectivity index (χ2v) is 3.43. The summed E-state index contributed by atoms with van der Waals surface area (Å²) in [6, 6.07) is 13.9. The first kappa shape index (κ1) is 9.47. The van der Waals surface area contributed by atoms with Gasteiger partial charge in [0.05, 0.1) is 12.2 Å². The summed E-state index contributed by atoms with van der Waals surface area (Å²) in [5.41, 5.74) is 2.64. The molecule has 3 heteroatoms. The first-order chi connectivity index (χ1) is 7.29. The van der Waals surface area contributed by atoms with E-state index in [4.69, 9.17) is 5.26 Å². The molecule has 1 aromatic carbocycles. The summed E-state index contributed by atoms with van der Waals surface area (Å²) in [6.45, 7) is 2.54. The number of aryl methyl sites for hydroxylation is 1. The van der Waals surface area contributed by atoms with Crippen LogP contribution in [0.15, 0.2) is 36.4 Å². The topological polar surface area (TPSA) is 41.6 Å². The maximum atomic E-state index is 8.90. The van der Waals surface area contributed by atoms with Crippen molar-refractivity contribution in [3.05, 3.63) is 53.3 Å². The van der Waals surface area contributed by atoms with Crippen molar-refractivity contribution < 1.29 is 0 Å². The summed E-state index contributed by atoms with van der Waals surface area (Å²) in [5.74, 6) is 0. The first-order valence-corrected chi connectivity index (χ1v) is 4.78. The number of hydrogen-bond acceptors (Lipinski definition) is 2. The first-order valence-electron chi connectivity index (χ1n) is 4.78. The molecule has 2 rings (SSSR count). The molecule has 0 saturated carbocycles. The van der Waals surface area contributed by atoms with Crippen molar-refractivity contribution in [3.63, 3.8) is 0 Å². The van der Waals surface area contributed by atoms with Crippen molar-refractivity contribution in [2.24, 2.45) is 0 Å². The quantitative estimate of drug-likeness (QED) is 0.739. The minimum Gasteiger partial charge on any atom is -0.250 e. The van der Waals surface area contributed by atoms with Gasteiger partial charge in [-0.2, -0.15) is 10.4 Å². The smallest absolute Gasteiger partial charge is 0.139 e. The van der Waals surface area contributed by atoms with Crippen LogP contribution in [0.2, 0.25) is 0 Å². The van der Waals surface area contributed by atoms with Gasteiger partial charge in [0.25, 0.3) is 0 Å². The van der Waals surface area contributed by atoms with Crippen LogP contribution in [0.3, 0.4) is 0 Å². The van der Waals surface area contributed by atoms with Crippen LogP contribution in [0, 0.1) is 18.3 Å². The lowest BCUT2D eigenvalue weighted by molar-refractivity contribution is 0.671. The van der Waals surface area contributed by atoms with E-state index in [9.17, 15) is 0 Å². The highest BCUT2D eigenvalue weighted by Crippen LogP contribution is 2.06. The van der Waals surface area contributed by atoms with Crippen molar-refractivity contribution in [2.45, 2.75) is 13.5 Å². The van der Waals surface area contributed by atoms with Crippen LogP contribution in [0.4, 0.5) is 0 Å². The van der Waals surface area contributed by atoms with E-state index in [-0.39, 0.29) is 0 Å². The van der Waals surface area contributed by atoms with Crippen molar-refractivity contribution in [3.8, 4) is 6.07 Å². The molecule has 0 fully saturated rings. The van der Waals surface area contributed by atoms with E-state index >= 15 is 0 Å². The Bertz CT molecular complexity index is 491. The second-order valence-electron chi connectivity index (χ2n) is 3.43. The lowest BCUT2D eigenvalue weighted by Crippen LogP contribution is -2.04. The minimum absolute atomic E-state index is 0.608. The summed E-state index contributed by atoms with van der Waals surface area (Å²) in [4.78, 5) is 0. The molecule has 2 aromatic rings. The van der Waals surface area contributed by atoms with Gasteiger partial charge in [0, 0.05) is 0 Å². The lowest BCUT2D eigenvalue weighted by atomic mass is 10.2. The highest BCUT2D eigenvalue weighted by Gasteiger charge is 2.04. The third kappa shape index (κ3) is 2.05. The molecule has 3 nitrogen and oxygen atoms in total. The molecular formula is C12H11N3. The molecule has 0 spiro atoms. The van der Waals surface area contributed by atoms with Gasteiger partial charge in [-0.25, -0.2) is 0 Å². The van der Waals surface area contributed by atoms with Gasteiger partial charge in [-0.1, -0.05) is 30.3 Å². The molecule has 0 atom stereocenters. The lowest BCUT2D eigenvalue weighted by Gasteiger charge is -2.02. The van der Waals surface area contributed by atoms with Crippen molar-refractivity contribution in [2.75, 3.05) is 0 Å². The number of nitrogens with zero attached hydrogens (tertiary/aromatic N) is 3. The van der Waals surface area contributed by atoms with Crippen LogP contribution in [-0.4, -0.2) is 9.78 Å². The molecule has 0 saturated heterocycles. The molecule has 1 aromatic heterocycles. The third-order valence-electron chi connectivity index (χ3n) is 2.19. The van der Waals surface area contributed by atoms with Gasteiger partial charge in [-0.15, -0.1) is 0 Å². The van der Waals surface area contributed by atoms with Crippen LogP contribution in [0.1, 0.15) is 17.0 Å². The van der Waals surface area contributed by atoms with E-state index in [1.54, 1.807) is 10.7 Å². The Kier molecular flexibility index (Phi) is 2.51. The number of benzene rings is 1. The fraction of sp³-hybridized carbons (Fsp3) is 0.167. The molecule has 0 aliphatic rings. The summed E-state index contributed by atoms with van der Waals surface area (Å²) < 4.78 is 1.73. The number of hydrogen-bond donors (Lipinski definition) is 0. The van der Waals surface area contributed by atoms with Crippen LogP contribution < -0.4 is 0 Å². The highest BCUT2D eigenvalue weighted by molar-refractivity contribution is 5.24. The Morgan fingerprint density at radius 2 is 2.07 bits per heavy atom. The van der Waals surface area contributed by atoms with Crippen LogP contribution in [0.5, 0.6) is 0 Å². The molecule has 0 aliphatic heterocycles. The predicted octanol–water partition coefficient (Wildman–Crippen LogP) is 2.11. The highest BCUT2D eigenvalue weighted by atomic mass is 15.3. The van der Waals surface area contributed by atoms with Crippen molar-refractivity contribution in [1.29, 1.82) is 5.26 Å². The largest absolute Gasteiger partial charge is 0.250 e. The van der Waals surface area contributed by atoms with Crippen LogP contribution >= 0.6 is 0 Å². The Morgan fingerprint density at radius 3 is 2.73 bits per heavy atom. The zero-order valence-electron chi connectivity index (χ0n) is 8.51. The van der Waals surface area contributed by atoms with E-state index in [1.807, 2.05) is 37.3 Å². The molecule has 15 heavy (non-hydrogen) atoms. The Balaban J connectivity index is 2.29. The normalized spacial score (nSPS) is 9.87. The molecule has 0 bridgehead atoms. The van der Waals surface area contributed by atoms with Gasteiger partial charge in [0.1, 0.15) is 11.8 Å². The van der Waals surface area contributed by atoms with Crippen molar-refractivity contribution >= 4 is 0 Å². The zero-order valence-corrected chi connectivity index (χ0v) is 8.51. The summed E-state index contributed by atoms with van der Waals surface area (Å²) in [7, 11) is 0. The fourth-order valence-corrected chi connectivity index (χ4v) is 1.51. The number of rotatable bonds is 2. The van der Waals surface area contributed by atoms with E-state index in [0.29, 0.717) is 12.2 Å². The minimum atomic E-state index is 0.608. The van der Waals surface area contributed by atoms with E-state index < -0.39 is 0 Å². The van der Waals surface area contributed by atoms with Crippen LogP contribution in [0.25, 0.3) is 0 Å². The van der Waals surface area contributed by atoms with Gasteiger partial charge in [-0.3, -0.25) is 4.68 Å². The molecule has 0 N–H and O–H groups in total. The third-order valence-corrected chi connectivity index (χ3v) is 2.19. The summed E-state index contributed by atoms with van der Waals surface area (Å²) in [5, 5.41) is 13.2.